The number of amides is 1. The Morgan fingerprint density at radius 1 is 1.19 bits per heavy atom. The molecule has 1 N–H and O–H groups in total. The number of ether oxygens (including phenoxy) is 2. The van der Waals surface area contributed by atoms with Crippen LogP contribution in [0.2, 0.25) is 0 Å². The van der Waals surface area contributed by atoms with Crippen molar-refractivity contribution < 1.29 is 19.1 Å². The second-order valence-electron chi connectivity index (χ2n) is 4.21. The second kappa shape index (κ2) is 6.90. The zero-order valence-electron chi connectivity index (χ0n) is 11.7. The number of para-hydroxylation sites is 2. The Labute approximate surface area is 126 Å². The van der Waals surface area contributed by atoms with Crippen molar-refractivity contribution in [1.82, 2.24) is 0 Å². The number of thiophene rings is 1. The number of hydrogen-bond donors (Lipinski definition) is 1. The Balaban J connectivity index is 1.98. The van der Waals surface area contributed by atoms with Gasteiger partial charge in [0.1, 0.15) is 10.6 Å². The van der Waals surface area contributed by atoms with Crippen molar-refractivity contribution in [3.8, 4) is 5.75 Å². The van der Waals surface area contributed by atoms with Gasteiger partial charge in [-0.05, 0) is 30.5 Å². The lowest BCUT2D eigenvalue weighted by atomic mass is 10.2. The summed E-state index contributed by atoms with van der Waals surface area (Å²) >= 11 is 1.27. The Kier molecular flexibility index (Phi) is 4.94. The molecule has 110 valence electrons. The number of methoxy groups -OCH3 is 1. The average Bonchev–Trinajstić information content (AvgIpc) is 3.02. The summed E-state index contributed by atoms with van der Waals surface area (Å²) in [6.45, 7) is 1.52. The van der Waals surface area contributed by atoms with Gasteiger partial charge in [0.05, 0.1) is 12.8 Å². The van der Waals surface area contributed by atoms with Gasteiger partial charge in [-0.1, -0.05) is 18.2 Å². The van der Waals surface area contributed by atoms with Gasteiger partial charge in [-0.15, -0.1) is 11.3 Å². The first-order valence-electron chi connectivity index (χ1n) is 6.30. The van der Waals surface area contributed by atoms with E-state index < -0.39 is 18.0 Å². The minimum Gasteiger partial charge on any atom is -0.495 e. The molecule has 6 heteroatoms. The van der Waals surface area contributed by atoms with E-state index in [2.05, 4.69) is 5.32 Å². The van der Waals surface area contributed by atoms with Crippen LogP contribution in [-0.4, -0.2) is 25.1 Å². The summed E-state index contributed by atoms with van der Waals surface area (Å²) in [4.78, 5) is 24.3. The molecule has 0 radical (unpaired) electrons. The number of esters is 1. The third-order valence-electron chi connectivity index (χ3n) is 2.74. The molecule has 0 aliphatic heterocycles. The molecule has 0 saturated carbocycles. The van der Waals surface area contributed by atoms with Crippen molar-refractivity contribution in [2.24, 2.45) is 0 Å². The zero-order chi connectivity index (χ0) is 15.2. The molecule has 0 aliphatic rings. The minimum absolute atomic E-state index is 0.413. The summed E-state index contributed by atoms with van der Waals surface area (Å²) in [6, 6.07) is 10.4. The molecule has 2 aromatic rings. The van der Waals surface area contributed by atoms with Crippen LogP contribution >= 0.6 is 11.3 Å². The molecule has 0 unspecified atom stereocenters. The molecule has 0 bridgehead atoms. The van der Waals surface area contributed by atoms with Gasteiger partial charge >= 0.3 is 5.97 Å². The monoisotopic (exact) mass is 305 g/mol. The molecule has 0 spiro atoms. The minimum atomic E-state index is -0.899. The van der Waals surface area contributed by atoms with Crippen LogP contribution < -0.4 is 10.1 Å². The Morgan fingerprint density at radius 2 is 1.95 bits per heavy atom. The summed E-state index contributed by atoms with van der Waals surface area (Å²) in [5, 5.41) is 4.45. The van der Waals surface area contributed by atoms with E-state index in [1.54, 1.807) is 41.8 Å². The van der Waals surface area contributed by atoms with Crippen LogP contribution in [0.1, 0.15) is 16.6 Å². The number of rotatable bonds is 5. The van der Waals surface area contributed by atoms with Gasteiger partial charge in [-0.25, -0.2) is 4.79 Å². The number of carbonyl (C=O) groups excluding carboxylic acids is 2. The third kappa shape index (κ3) is 3.82. The van der Waals surface area contributed by atoms with Gasteiger partial charge in [-0.2, -0.15) is 0 Å². The SMILES string of the molecule is COc1ccccc1NC(=O)[C@H](C)OC(=O)c1cccs1. The van der Waals surface area contributed by atoms with Crippen molar-refractivity contribution in [1.29, 1.82) is 0 Å². The molecule has 1 amide bonds. The molecule has 1 aromatic carbocycles. The predicted molar refractivity (Wildman–Crippen MR) is 80.8 cm³/mol. The average molecular weight is 305 g/mol. The first kappa shape index (κ1) is 15.1. The summed E-state index contributed by atoms with van der Waals surface area (Å²) in [5.41, 5.74) is 0.532. The van der Waals surface area contributed by atoms with Gasteiger partial charge in [0, 0.05) is 0 Å². The van der Waals surface area contributed by atoms with Crippen LogP contribution in [0.4, 0.5) is 5.69 Å². The lowest BCUT2D eigenvalue weighted by Crippen LogP contribution is -2.29. The highest BCUT2D eigenvalue weighted by atomic mass is 32.1. The van der Waals surface area contributed by atoms with Crippen molar-refractivity contribution in [2.45, 2.75) is 13.0 Å². The molecule has 1 atom stereocenters. The molecule has 1 aromatic heterocycles. The Hall–Kier alpha value is -2.34. The molecule has 1 heterocycles. The Bertz CT molecular complexity index is 624. The van der Waals surface area contributed by atoms with Crippen LogP contribution in [0, 0.1) is 0 Å². The van der Waals surface area contributed by atoms with E-state index in [9.17, 15) is 9.59 Å². The van der Waals surface area contributed by atoms with Crippen molar-refractivity contribution in [3.05, 3.63) is 46.7 Å². The van der Waals surface area contributed by atoms with Crippen molar-refractivity contribution >= 4 is 28.9 Å². The van der Waals surface area contributed by atoms with Crippen molar-refractivity contribution in [3.63, 3.8) is 0 Å². The molecule has 0 aliphatic carbocycles. The van der Waals surface area contributed by atoms with E-state index in [0.29, 0.717) is 16.3 Å². The highest BCUT2D eigenvalue weighted by Gasteiger charge is 2.20. The zero-order valence-corrected chi connectivity index (χ0v) is 12.5. The van der Waals surface area contributed by atoms with Crippen LogP contribution in [-0.2, 0) is 9.53 Å². The van der Waals surface area contributed by atoms with Crippen molar-refractivity contribution in [2.75, 3.05) is 12.4 Å². The number of hydrogen-bond acceptors (Lipinski definition) is 5. The number of carbonyl (C=O) groups is 2. The quantitative estimate of drug-likeness (QED) is 0.863. The fourth-order valence-corrected chi connectivity index (χ4v) is 2.25. The van der Waals surface area contributed by atoms with Crippen LogP contribution in [0.3, 0.4) is 0 Å². The maximum atomic E-state index is 12.0. The van der Waals surface area contributed by atoms with E-state index in [-0.39, 0.29) is 0 Å². The maximum absolute atomic E-state index is 12.0. The van der Waals surface area contributed by atoms with Crippen LogP contribution in [0.25, 0.3) is 0 Å². The molecule has 0 fully saturated rings. The normalized spacial score (nSPS) is 11.5. The fraction of sp³-hybridized carbons (Fsp3) is 0.200. The highest BCUT2D eigenvalue weighted by Crippen LogP contribution is 2.23. The molecule has 0 saturated heterocycles. The topological polar surface area (TPSA) is 64.6 Å². The summed E-state index contributed by atoms with van der Waals surface area (Å²) < 4.78 is 10.3. The highest BCUT2D eigenvalue weighted by molar-refractivity contribution is 7.11. The van der Waals surface area contributed by atoms with Gasteiger partial charge in [0.2, 0.25) is 0 Å². The Morgan fingerprint density at radius 3 is 2.62 bits per heavy atom. The summed E-state index contributed by atoms with van der Waals surface area (Å²) in [6.07, 6.45) is -0.899. The van der Waals surface area contributed by atoms with Crippen LogP contribution in [0.15, 0.2) is 41.8 Å². The number of nitrogens with one attached hydrogen (secondary N) is 1. The summed E-state index contributed by atoms with van der Waals surface area (Å²) in [7, 11) is 1.52. The predicted octanol–water partition coefficient (Wildman–Crippen LogP) is 2.94. The second-order valence-corrected chi connectivity index (χ2v) is 5.16. The lowest BCUT2D eigenvalue weighted by molar-refractivity contribution is -0.123. The summed E-state index contributed by atoms with van der Waals surface area (Å²) in [5.74, 6) is -0.375. The maximum Gasteiger partial charge on any atom is 0.349 e. The molecular formula is C15H15NO4S. The van der Waals surface area contributed by atoms with E-state index in [0.717, 1.165) is 0 Å². The largest absolute Gasteiger partial charge is 0.495 e. The van der Waals surface area contributed by atoms with E-state index in [4.69, 9.17) is 9.47 Å². The van der Waals surface area contributed by atoms with E-state index in [1.165, 1.54) is 25.4 Å². The van der Waals surface area contributed by atoms with E-state index >= 15 is 0 Å². The molecule has 5 nitrogen and oxygen atoms in total. The first-order chi connectivity index (χ1) is 10.1. The lowest BCUT2D eigenvalue weighted by Gasteiger charge is -2.14. The van der Waals surface area contributed by atoms with E-state index in [1.807, 2.05) is 0 Å². The first-order valence-corrected chi connectivity index (χ1v) is 7.18. The third-order valence-corrected chi connectivity index (χ3v) is 3.59. The molecular weight excluding hydrogens is 290 g/mol. The fourth-order valence-electron chi connectivity index (χ4n) is 1.65. The van der Waals surface area contributed by atoms with Gasteiger partial charge in [0.25, 0.3) is 5.91 Å². The number of anilines is 1. The molecule has 2 rings (SSSR count). The van der Waals surface area contributed by atoms with Gasteiger partial charge in [-0.3, -0.25) is 4.79 Å². The van der Waals surface area contributed by atoms with Gasteiger partial charge in [0.15, 0.2) is 6.10 Å². The smallest absolute Gasteiger partial charge is 0.349 e. The number of benzene rings is 1. The standard InChI is InChI=1S/C15H15NO4S/c1-10(20-15(18)13-8-5-9-21-13)14(17)16-11-6-3-4-7-12(11)19-2/h3-10H,1-2H3,(H,16,17)/t10-/m0/s1. The van der Waals surface area contributed by atoms with Gasteiger partial charge < -0.3 is 14.8 Å². The molecule has 21 heavy (non-hydrogen) atoms. The van der Waals surface area contributed by atoms with Crippen LogP contribution in [0.5, 0.6) is 5.75 Å².